The Morgan fingerprint density at radius 2 is 1.86 bits per heavy atom. The van der Waals surface area contributed by atoms with E-state index in [9.17, 15) is 4.79 Å². The number of carbonyl (C=O) groups is 1. The molecular weight excluding hydrogens is 266 g/mol. The van der Waals surface area contributed by atoms with Crippen LogP contribution in [0.1, 0.15) is 38.2 Å². The molecule has 6 nitrogen and oxygen atoms in total. The molecule has 116 valence electrons. The van der Waals surface area contributed by atoms with E-state index >= 15 is 0 Å². The zero-order valence-electron chi connectivity index (χ0n) is 13.4. The van der Waals surface area contributed by atoms with Crippen molar-refractivity contribution in [3.05, 3.63) is 18.1 Å². The summed E-state index contributed by atoms with van der Waals surface area (Å²) in [7, 11) is 0. The fourth-order valence-corrected chi connectivity index (χ4v) is 2.30. The number of hydrogen-bond acceptors (Lipinski definition) is 5. The summed E-state index contributed by atoms with van der Waals surface area (Å²) in [5, 5.41) is 2.89. The van der Waals surface area contributed by atoms with Gasteiger partial charge in [0.05, 0.1) is 12.4 Å². The van der Waals surface area contributed by atoms with E-state index in [4.69, 9.17) is 0 Å². The van der Waals surface area contributed by atoms with E-state index in [2.05, 4.69) is 32.0 Å². The van der Waals surface area contributed by atoms with E-state index in [1.54, 1.807) is 12.4 Å². The number of nitrogens with zero attached hydrogens (tertiary/aromatic N) is 4. The highest BCUT2D eigenvalue weighted by Crippen LogP contribution is 2.12. The lowest BCUT2D eigenvalue weighted by molar-refractivity contribution is 0.0914. The van der Waals surface area contributed by atoms with Crippen LogP contribution in [-0.4, -0.2) is 59.0 Å². The Morgan fingerprint density at radius 1 is 1.19 bits per heavy atom. The van der Waals surface area contributed by atoms with Crippen LogP contribution in [0.25, 0.3) is 0 Å². The van der Waals surface area contributed by atoms with Gasteiger partial charge in [-0.05, 0) is 27.3 Å². The summed E-state index contributed by atoms with van der Waals surface area (Å²) in [6.07, 6.45) is 3.25. The van der Waals surface area contributed by atoms with Gasteiger partial charge in [0.25, 0.3) is 5.91 Å². The smallest absolute Gasteiger partial charge is 0.271 e. The van der Waals surface area contributed by atoms with E-state index in [0.29, 0.717) is 5.69 Å². The van der Waals surface area contributed by atoms with Crippen molar-refractivity contribution >= 4 is 11.7 Å². The maximum Gasteiger partial charge on any atom is 0.271 e. The molecule has 0 aromatic carbocycles. The second kappa shape index (κ2) is 6.39. The molecule has 1 aliphatic heterocycles. The molecule has 1 fully saturated rings. The van der Waals surface area contributed by atoms with Crippen LogP contribution in [0.15, 0.2) is 12.4 Å². The molecule has 1 N–H and O–H groups in total. The number of rotatable bonds is 3. The summed E-state index contributed by atoms with van der Waals surface area (Å²) >= 11 is 0. The molecule has 2 heterocycles. The quantitative estimate of drug-likeness (QED) is 0.905. The zero-order valence-corrected chi connectivity index (χ0v) is 13.4. The number of likely N-dealkylation sites (N-methyl/N-ethyl adjacent to an activating group) is 1. The van der Waals surface area contributed by atoms with Gasteiger partial charge < -0.3 is 15.1 Å². The molecule has 1 amide bonds. The molecule has 0 bridgehead atoms. The first-order valence-corrected chi connectivity index (χ1v) is 7.51. The predicted molar refractivity (Wildman–Crippen MR) is 83.6 cm³/mol. The molecule has 21 heavy (non-hydrogen) atoms. The summed E-state index contributed by atoms with van der Waals surface area (Å²) in [4.78, 5) is 25.3. The minimum Gasteiger partial charge on any atom is -0.353 e. The number of piperazine rings is 1. The van der Waals surface area contributed by atoms with Crippen LogP contribution in [0.2, 0.25) is 0 Å². The topological polar surface area (TPSA) is 61.4 Å². The molecule has 6 heteroatoms. The SMILES string of the molecule is CCN1CCN(c2cnc(C(=O)NC(C)(C)C)cn2)CC1. The first kappa shape index (κ1) is 15.7. The lowest BCUT2D eigenvalue weighted by Crippen LogP contribution is -2.46. The highest BCUT2D eigenvalue weighted by atomic mass is 16.2. The molecule has 0 spiro atoms. The number of carbonyl (C=O) groups excluding carboxylic acids is 1. The van der Waals surface area contributed by atoms with E-state index in [-0.39, 0.29) is 11.4 Å². The average molecular weight is 291 g/mol. The van der Waals surface area contributed by atoms with Gasteiger partial charge in [0.15, 0.2) is 0 Å². The van der Waals surface area contributed by atoms with Crippen LogP contribution in [0.4, 0.5) is 5.82 Å². The minimum absolute atomic E-state index is 0.183. The van der Waals surface area contributed by atoms with Crippen molar-refractivity contribution in [2.75, 3.05) is 37.6 Å². The van der Waals surface area contributed by atoms with Crippen molar-refractivity contribution in [2.24, 2.45) is 0 Å². The second-order valence-electron chi connectivity index (χ2n) is 6.39. The number of aromatic nitrogens is 2. The molecule has 2 rings (SSSR count). The minimum atomic E-state index is -0.270. The average Bonchev–Trinajstić information content (AvgIpc) is 2.46. The van der Waals surface area contributed by atoms with Gasteiger partial charge in [-0.2, -0.15) is 0 Å². The molecule has 0 unspecified atom stereocenters. The Balaban J connectivity index is 1.98. The molecule has 1 aliphatic rings. The normalized spacial score (nSPS) is 16.9. The third-order valence-electron chi connectivity index (χ3n) is 3.50. The van der Waals surface area contributed by atoms with E-state index in [0.717, 1.165) is 38.5 Å². The summed E-state index contributed by atoms with van der Waals surface area (Å²) in [6.45, 7) is 13.1. The van der Waals surface area contributed by atoms with Crippen molar-refractivity contribution in [1.82, 2.24) is 20.2 Å². The molecule has 0 atom stereocenters. The molecule has 1 aromatic rings. The highest BCUT2D eigenvalue weighted by Gasteiger charge is 2.19. The van der Waals surface area contributed by atoms with Crippen molar-refractivity contribution in [1.29, 1.82) is 0 Å². The Bertz CT molecular complexity index is 472. The van der Waals surface area contributed by atoms with Crippen molar-refractivity contribution in [2.45, 2.75) is 33.2 Å². The zero-order chi connectivity index (χ0) is 15.5. The van der Waals surface area contributed by atoms with Gasteiger partial charge in [-0.1, -0.05) is 6.92 Å². The van der Waals surface area contributed by atoms with E-state index < -0.39 is 0 Å². The van der Waals surface area contributed by atoms with Gasteiger partial charge >= 0.3 is 0 Å². The Hall–Kier alpha value is -1.69. The van der Waals surface area contributed by atoms with Crippen LogP contribution < -0.4 is 10.2 Å². The third kappa shape index (κ3) is 4.39. The summed E-state index contributed by atoms with van der Waals surface area (Å²) in [5.74, 6) is 0.662. The van der Waals surface area contributed by atoms with Gasteiger partial charge in [-0.3, -0.25) is 4.79 Å². The lowest BCUT2D eigenvalue weighted by atomic mass is 10.1. The Kier molecular flexibility index (Phi) is 4.77. The third-order valence-corrected chi connectivity index (χ3v) is 3.50. The fraction of sp³-hybridized carbons (Fsp3) is 0.667. The van der Waals surface area contributed by atoms with Gasteiger partial charge in [0.1, 0.15) is 11.5 Å². The van der Waals surface area contributed by atoms with Crippen molar-refractivity contribution in [3.8, 4) is 0 Å². The summed E-state index contributed by atoms with van der Waals surface area (Å²) in [5.41, 5.74) is 0.0920. The standard InChI is InChI=1S/C15H25N5O/c1-5-19-6-8-20(9-7-19)13-11-16-12(10-17-13)14(21)18-15(2,3)4/h10-11H,5-9H2,1-4H3,(H,18,21). The molecule has 0 aliphatic carbocycles. The number of amides is 1. The number of nitrogens with one attached hydrogen (secondary N) is 1. The monoisotopic (exact) mass is 291 g/mol. The van der Waals surface area contributed by atoms with Crippen LogP contribution in [0.3, 0.4) is 0 Å². The van der Waals surface area contributed by atoms with Gasteiger partial charge in [-0.15, -0.1) is 0 Å². The lowest BCUT2D eigenvalue weighted by Gasteiger charge is -2.34. The van der Waals surface area contributed by atoms with Crippen LogP contribution >= 0.6 is 0 Å². The summed E-state index contributed by atoms with van der Waals surface area (Å²) in [6, 6.07) is 0. The molecule has 0 saturated carbocycles. The summed E-state index contributed by atoms with van der Waals surface area (Å²) < 4.78 is 0. The highest BCUT2D eigenvalue weighted by molar-refractivity contribution is 5.92. The molecular formula is C15H25N5O. The largest absolute Gasteiger partial charge is 0.353 e. The second-order valence-corrected chi connectivity index (χ2v) is 6.39. The van der Waals surface area contributed by atoms with E-state index in [1.807, 2.05) is 20.8 Å². The van der Waals surface area contributed by atoms with E-state index in [1.165, 1.54) is 0 Å². The van der Waals surface area contributed by atoms with Crippen molar-refractivity contribution in [3.63, 3.8) is 0 Å². The molecule has 1 aromatic heterocycles. The Morgan fingerprint density at radius 3 is 2.33 bits per heavy atom. The van der Waals surface area contributed by atoms with Crippen LogP contribution in [0.5, 0.6) is 0 Å². The van der Waals surface area contributed by atoms with Gasteiger partial charge in [0.2, 0.25) is 0 Å². The first-order chi connectivity index (χ1) is 9.89. The Labute approximate surface area is 126 Å². The van der Waals surface area contributed by atoms with Crippen LogP contribution in [0, 0.1) is 0 Å². The van der Waals surface area contributed by atoms with Crippen LogP contribution in [-0.2, 0) is 0 Å². The fourth-order valence-electron chi connectivity index (χ4n) is 2.30. The first-order valence-electron chi connectivity index (χ1n) is 7.51. The molecule has 1 saturated heterocycles. The van der Waals surface area contributed by atoms with Crippen molar-refractivity contribution < 1.29 is 4.79 Å². The van der Waals surface area contributed by atoms with Gasteiger partial charge in [0, 0.05) is 31.7 Å². The number of anilines is 1. The number of hydrogen-bond donors (Lipinski definition) is 1. The predicted octanol–water partition coefficient (Wildman–Crippen LogP) is 1.15. The van der Waals surface area contributed by atoms with Gasteiger partial charge in [-0.25, -0.2) is 9.97 Å². The molecule has 0 radical (unpaired) electrons. The maximum absolute atomic E-state index is 12.0. The maximum atomic E-state index is 12.0.